The van der Waals surface area contributed by atoms with E-state index in [1.165, 1.54) is 0 Å². The topological polar surface area (TPSA) is 41.9 Å². The molecule has 1 rings (SSSR count). The predicted octanol–water partition coefficient (Wildman–Crippen LogP) is 1.22. The third-order valence-electron chi connectivity index (χ3n) is 2.19. The lowest BCUT2D eigenvalue weighted by Gasteiger charge is -2.26. The molecule has 2 N–H and O–H groups in total. The summed E-state index contributed by atoms with van der Waals surface area (Å²) in [5.41, 5.74) is 0.110. The van der Waals surface area contributed by atoms with Crippen LogP contribution in [-0.4, -0.2) is 28.4 Å². The van der Waals surface area contributed by atoms with Gasteiger partial charge in [-0.25, -0.2) is 0 Å². The zero-order valence-corrected chi connectivity index (χ0v) is 9.46. The van der Waals surface area contributed by atoms with Gasteiger partial charge in [0.2, 0.25) is 0 Å². The quantitative estimate of drug-likeness (QED) is 0.744. The van der Waals surface area contributed by atoms with Crippen LogP contribution < -0.4 is 10.6 Å². The van der Waals surface area contributed by atoms with E-state index in [0.29, 0.717) is 0 Å². The summed E-state index contributed by atoms with van der Waals surface area (Å²) in [6.07, 6.45) is 1.79. The summed E-state index contributed by atoms with van der Waals surface area (Å²) in [5, 5.41) is 10.9. The minimum Gasteiger partial charge on any atom is -0.368 e. The van der Waals surface area contributed by atoms with Crippen LogP contribution in [0.15, 0.2) is 12.3 Å². The molecule has 0 spiro atoms. The van der Waals surface area contributed by atoms with Crippen molar-refractivity contribution >= 4 is 5.82 Å². The van der Waals surface area contributed by atoms with E-state index in [9.17, 15) is 0 Å². The first-order valence-electron chi connectivity index (χ1n) is 5.02. The zero-order valence-electron chi connectivity index (χ0n) is 9.46. The molecule has 4 nitrogen and oxygen atoms in total. The Labute approximate surface area is 85.7 Å². The normalized spacial score (nSPS) is 11.7. The van der Waals surface area contributed by atoms with Crippen molar-refractivity contribution in [2.24, 2.45) is 7.05 Å². The van der Waals surface area contributed by atoms with Crippen molar-refractivity contribution in [3.63, 3.8) is 0 Å². The predicted molar refractivity (Wildman–Crippen MR) is 59.5 cm³/mol. The van der Waals surface area contributed by atoms with Crippen molar-refractivity contribution in [2.75, 3.05) is 18.4 Å². The van der Waals surface area contributed by atoms with Crippen LogP contribution in [-0.2, 0) is 7.05 Å². The van der Waals surface area contributed by atoms with Crippen molar-refractivity contribution in [2.45, 2.75) is 26.3 Å². The van der Waals surface area contributed by atoms with Gasteiger partial charge in [-0.2, -0.15) is 5.10 Å². The first-order chi connectivity index (χ1) is 6.55. The van der Waals surface area contributed by atoms with Gasteiger partial charge in [0, 0.05) is 25.2 Å². The Morgan fingerprint density at radius 2 is 2.21 bits per heavy atom. The Hall–Kier alpha value is -1.03. The summed E-state index contributed by atoms with van der Waals surface area (Å²) in [6.45, 7) is 8.35. The molecule has 1 aromatic heterocycles. The monoisotopic (exact) mass is 196 g/mol. The van der Waals surface area contributed by atoms with Gasteiger partial charge in [-0.1, -0.05) is 6.92 Å². The average Bonchev–Trinajstić information content (AvgIpc) is 2.48. The van der Waals surface area contributed by atoms with E-state index < -0.39 is 0 Å². The van der Waals surface area contributed by atoms with Crippen LogP contribution in [0, 0.1) is 0 Å². The molecule has 4 heteroatoms. The molecule has 0 aliphatic rings. The molecule has 80 valence electrons. The first-order valence-corrected chi connectivity index (χ1v) is 5.02. The lowest BCUT2D eigenvalue weighted by atomic mass is 10.1. The van der Waals surface area contributed by atoms with Gasteiger partial charge in [0.1, 0.15) is 5.82 Å². The number of nitrogens with zero attached hydrogens (tertiary/aromatic N) is 2. The van der Waals surface area contributed by atoms with Crippen LogP contribution in [0.4, 0.5) is 5.82 Å². The van der Waals surface area contributed by atoms with E-state index in [-0.39, 0.29) is 5.54 Å². The highest BCUT2D eigenvalue weighted by molar-refractivity contribution is 5.33. The van der Waals surface area contributed by atoms with Crippen LogP contribution >= 0.6 is 0 Å². The van der Waals surface area contributed by atoms with E-state index in [2.05, 4.69) is 36.5 Å². The van der Waals surface area contributed by atoms with E-state index in [1.807, 2.05) is 17.8 Å². The summed E-state index contributed by atoms with van der Waals surface area (Å²) < 4.78 is 1.84. The molecule has 0 radical (unpaired) electrons. The Balaban J connectivity index is 2.44. The second-order valence-electron chi connectivity index (χ2n) is 4.11. The average molecular weight is 196 g/mol. The molecule has 0 amide bonds. The third-order valence-corrected chi connectivity index (χ3v) is 2.19. The van der Waals surface area contributed by atoms with Crippen molar-refractivity contribution in [3.8, 4) is 0 Å². The van der Waals surface area contributed by atoms with Crippen LogP contribution in [0.3, 0.4) is 0 Å². The van der Waals surface area contributed by atoms with Gasteiger partial charge in [-0.15, -0.1) is 0 Å². The molecule has 0 unspecified atom stereocenters. The molecule has 0 aliphatic heterocycles. The van der Waals surface area contributed by atoms with Gasteiger partial charge < -0.3 is 10.6 Å². The third kappa shape index (κ3) is 3.03. The highest BCUT2D eigenvalue weighted by atomic mass is 15.3. The van der Waals surface area contributed by atoms with Gasteiger partial charge in [0.25, 0.3) is 0 Å². The van der Waals surface area contributed by atoms with Crippen LogP contribution in [0.2, 0.25) is 0 Å². The highest BCUT2D eigenvalue weighted by Crippen LogP contribution is 2.07. The van der Waals surface area contributed by atoms with Crippen LogP contribution in [0.1, 0.15) is 20.8 Å². The summed E-state index contributed by atoms with van der Waals surface area (Å²) >= 11 is 0. The molecular weight excluding hydrogens is 176 g/mol. The number of aromatic nitrogens is 2. The minimum atomic E-state index is 0.110. The molecular formula is C10H20N4. The molecule has 1 aromatic rings. The van der Waals surface area contributed by atoms with Crippen molar-refractivity contribution in [1.82, 2.24) is 15.1 Å². The standard InChI is InChI=1S/C10H20N4/c1-5-12-10(2,3)8-11-9-6-7-13-14(9)4/h6-7,11-12H,5,8H2,1-4H3. The van der Waals surface area contributed by atoms with E-state index in [1.54, 1.807) is 6.20 Å². The van der Waals surface area contributed by atoms with Crippen molar-refractivity contribution in [1.29, 1.82) is 0 Å². The van der Waals surface area contributed by atoms with E-state index >= 15 is 0 Å². The van der Waals surface area contributed by atoms with Gasteiger partial charge in [0.05, 0.1) is 6.20 Å². The molecule has 1 heterocycles. The maximum atomic E-state index is 4.10. The maximum Gasteiger partial charge on any atom is 0.123 e. The number of nitrogens with one attached hydrogen (secondary N) is 2. The largest absolute Gasteiger partial charge is 0.368 e. The lowest BCUT2D eigenvalue weighted by molar-refractivity contribution is 0.420. The molecule has 0 saturated carbocycles. The Kier molecular flexibility index (Phi) is 3.52. The highest BCUT2D eigenvalue weighted by Gasteiger charge is 2.15. The molecule has 0 bridgehead atoms. The number of likely N-dealkylation sites (N-methyl/N-ethyl adjacent to an activating group) is 1. The Morgan fingerprint density at radius 3 is 2.71 bits per heavy atom. The minimum absolute atomic E-state index is 0.110. The number of hydrogen-bond donors (Lipinski definition) is 2. The first kappa shape index (κ1) is 11.0. The SMILES string of the molecule is CCNC(C)(C)CNc1ccnn1C. The number of anilines is 1. The molecule has 0 aromatic carbocycles. The summed E-state index contributed by atoms with van der Waals surface area (Å²) in [6, 6.07) is 1.97. The van der Waals surface area contributed by atoms with Crippen molar-refractivity contribution in [3.05, 3.63) is 12.3 Å². The fourth-order valence-corrected chi connectivity index (χ4v) is 1.40. The number of rotatable bonds is 5. The van der Waals surface area contributed by atoms with Gasteiger partial charge in [-0.05, 0) is 20.4 Å². The summed E-state index contributed by atoms with van der Waals surface area (Å²) in [5.74, 6) is 1.05. The van der Waals surface area contributed by atoms with Gasteiger partial charge >= 0.3 is 0 Å². The maximum absolute atomic E-state index is 4.10. The zero-order chi connectivity index (χ0) is 10.6. The van der Waals surface area contributed by atoms with Gasteiger partial charge in [0.15, 0.2) is 0 Å². The number of hydrogen-bond acceptors (Lipinski definition) is 3. The lowest BCUT2D eigenvalue weighted by Crippen LogP contribution is -2.45. The van der Waals surface area contributed by atoms with Gasteiger partial charge in [-0.3, -0.25) is 4.68 Å². The van der Waals surface area contributed by atoms with E-state index in [0.717, 1.165) is 18.9 Å². The Bertz CT molecular complexity index is 277. The summed E-state index contributed by atoms with van der Waals surface area (Å²) in [7, 11) is 1.93. The second kappa shape index (κ2) is 4.46. The fraction of sp³-hybridized carbons (Fsp3) is 0.700. The van der Waals surface area contributed by atoms with Crippen molar-refractivity contribution < 1.29 is 0 Å². The molecule has 14 heavy (non-hydrogen) atoms. The smallest absolute Gasteiger partial charge is 0.123 e. The van der Waals surface area contributed by atoms with Crippen LogP contribution in [0.5, 0.6) is 0 Å². The second-order valence-corrected chi connectivity index (χ2v) is 4.11. The fourth-order valence-electron chi connectivity index (χ4n) is 1.40. The molecule has 0 fully saturated rings. The summed E-state index contributed by atoms with van der Waals surface area (Å²) in [4.78, 5) is 0. The van der Waals surface area contributed by atoms with Crippen LogP contribution in [0.25, 0.3) is 0 Å². The molecule has 0 aliphatic carbocycles. The molecule has 0 atom stereocenters. The number of aryl methyl sites for hydroxylation is 1. The molecule has 0 saturated heterocycles. The Morgan fingerprint density at radius 1 is 1.50 bits per heavy atom. The van der Waals surface area contributed by atoms with E-state index in [4.69, 9.17) is 0 Å².